The standard InChI is InChI=1S/C9H10N4O3S/c1-10-17(14,15)8-4-2-7(3-5-8)16-9-6-11-13-12-9/h2-6,10H,1H3,(H,11,12,13). The van der Waals surface area contributed by atoms with Crippen molar-refractivity contribution in [2.45, 2.75) is 4.90 Å². The Hall–Kier alpha value is -1.93. The molecule has 0 aliphatic rings. The third-order valence-corrected chi connectivity index (χ3v) is 3.45. The van der Waals surface area contributed by atoms with Gasteiger partial charge in [0.15, 0.2) is 0 Å². The molecular formula is C9H10N4O3S. The van der Waals surface area contributed by atoms with Crippen LogP contribution in [0.25, 0.3) is 0 Å². The number of ether oxygens (including phenoxy) is 1. The number of aromatic amines is 1. The topological polar surface area (TPSA) is 97.0 Å². The van der Waals surface area contributed by atoms with Crippen molar-refractivity contribution < 1.29 is 13.2 Å². The van der Waals surface area contributed by atoms with Crippen LogP contribution < -0.4 is 9.46 Å². The first-order valence-electron chi connectivity index (χ1n) is 4.69. The quantitative estimate of drug-likeness (QED) is 0.828. The van der Waals surface area contributed by atoms with E-state index in [0.717, 1.165) is 0 Å². The molecule has 2 rings (SSSR count). The Morgan fingerprint density at radius 1 is 1.29 bits per heavy atom. The number of nitrogens with one attached hydrogen (secondary N) is 2. The van der Waals surface area contributed by atoms with Gasteiger partial charge in [0, 0.05) is 0 Å². The van der Waals surface area contributed by atoms with Crippen molar-refractivity contribution in [3.05, 3.63) is 30.5 Å². The Morgan fingerprint density at radius 2 is 2.00 bits per heavy atom. The van der Waals surface area contributed by atoms with Crippen LogP contribution in [0.4, 0.5) is 0 Å². The van der Waals surface area contributed by atoms with Gasteiger partial charge in [0.2, 0.25) is 10.0 Å². The maximum absolute atomic E-state index is 11.4. The van der Waals surface area contributed by atoms with Gasteiger partial charge < -0.3 is 4.74 Å². The van der Waals surface area contributed by atoms with Crippen LogP contribution in [-0.4, -0.2) is 30.9 Å². The summed E-state index contributed by atoms with van der Waals surface area (Å²) in [7, 11) is -2.06. The molecule has 0 aliphatic carbocycles. The summed E-state index contributed by atoms with van der Waals surface area (Å²) in [4.78, 5) is 0.174. The lowest BCUT2D eigenvalue weighted by Crippen LogP contribution is -2.18. The lowest BCUT2D eigenvalue weighted by molar-refractivity contribution is 0.461. The monoisotopic (exact) mass is 254 g/mol. The molecule has 7 nitrogen and oxygen atoms in total. The van der Waals surface area contributed by atoms with Gasteiger partial charge in [-0.2, -0.15) is 10.3 Å². The predicted octanol–water partition coefficient (Wildman–Crippen LogP) is 0.505. The van der Waals surface area contributed by atoms with Crippen molar-refractivity contribution in [1.82, 2.24) is 20.1 Å². The highest BCUT2D eigenvalue weighted by Gasteiger charge is 2.10. The third kappa shape index (κ3) is 2.60. The second-order valence-electron chi connectivity index (χ2n) is 3.09. The predicted molar refractivity (Wildman–Crippen MR) is 59.1 cm³/mol. The van der Waals surface area contributed by atoms with E-state index >= 15 is 0 Å². The second kappa shape index (κ2) is 4.52. The smallest absolute Gasteiger partial charge is 0.258 e. The van der Waals surface area contributed by atoms with Crippen molar-refractivity contribution in [2.75, 3.05) is 7.05 Å². The Bertz CT molecular complexity index is 577. The molecule has 0 aliphatic heterocycles. The highest BCUT2D eigenvalue weighted by Crippen LogP contribution is 2.20. The van der Waals surface area contributed by atoms with Crippen LogP contribution in [0.2, 0.25) is 0 Å². The van der Waals surface area contributed by atoms with E-state index in [1.807, 2.05) is 0 Å². The van der Waals surface area contributed by atoms with Gasteiger partial charge in [0.05, 0.1) is 4.90 Å². The lowest BCUT2D eigenvalue weighted by Gasteiger charge is -2.04. The van der Waals surface area contributed by atoms with Crippen molar-refractivity contribution in [1.29, 1.82) is 0 Å². The summed E-state index contributed by atoms with van der Waals surface area (Å²) in [6.07, 6.45) is 1.41. The van der Waals surface area contributed by atoms with Crippen molar-refractivity contribution in [2.24, 2.45) is 0 Å². The number of sulfonamides is 1. The van der Waals surface area contributed by atoms with Crippen molar-refractivity contribution in [3.8, 4) is 11.6 Å². The molecular weight excluding hydrogens is 244 g/mol. The molecule has 0 unspecified atom stereocenters. The van der Waals surface area contributed by atoms with E-state index in [2.05, 4.69) is 20.1 Å². The molecule has 8 heteroatoms. The fourth-order valence-corrected chi connectivity index (χ4v) is 1.90. The summed E-state index contributed by atoms with van der Waals surface area (Å²) in [5, 5.41) is 9.70. The van der Waals surface area contributed by atoms with Crippen LogP contribution in [0.5, 0.6) is 11.6 Å². The van der Waals surface area contributed by atoms with Gasteiger partial charge in [0.1, 0.15) is 11.9 Å². The SMILES string of the molecule is CNS(=O)(=O)c1ccc(Oc2cn[nH]n2)cc1. The van der Waals surface area contributed by atoms with E-state index in [4.69, 9.17) is 4.74 Å². The van der Waals surface area contributed by atoms with E-state index in [1.165, 1.54) is 25.4 Å². The molecule has 0 spiro atoms. The van der Waals surface area contributed by atoms with Gasteiger partial charge >= 0.3 is 0 Å². The number of hydrogen-bond donors (Lipinski definition) is 2. The molecule has 17 heavy (non-hydrogen) atoms. The van der Waals surface area contributed by atoms with E-state index in [1.54, 1.807) is 12.1 Å². The van der Waals surface area contributed by atoms with E-state index in [-0.39, 0.29) is 4.90 Å². The molecule has 1 heterocycles. The Balaban J connectivity index is 2.19. The highest BCUT2D eigenvalue weighted by atomic mass is 32.2. The third-order valence-electron chi connectivity index (χ3n) is 2.02. The number of benzene rings is 1. The molecule has 2 N–H and O–H groups in total. The summed E-state index contributed by atoms with van der Waals surface area (Å²) in [5.41, 5.74) is 0. The Labute approximate surface area is 97.9 Å². The molecule has 1 aromatic carbocycles. The molecule has 0 bridgehead atoms. The summed E-state index contributed by atoms with van der Waals surface area (Å²) in [5.74, 6) is 0.795. The number of aromatic nitrogens is 3. The second-order valence-corrected chi connectivity index (χ2v) is 4.98. The van der Waals surface area contributed by atoms with Crippen LogP contribution >= 0.6 is 0 Å². The fourth-order valence-electron chi connectivity index (χ4n) is 1.17. The van der Waals surface area contributed by atoms with Crippen molar-refractivity contribution in [3.63, 3.8) is 0 Å². The minimum absolute atomic E-state index is 0.174. The zero-order valence-corrected chi connectivity index (χ0v) is 9.73. The van der Waals surface area contributed by atoms with E-state index in [9.17, 15) is 8.42 Å². The van der Waals surface area contributed by atoms with Crippen LogP contribution in [0.3, 0.4) is 0 Å². The molecule has 0 saturated heterocycles. The summed E-state index contributed by atoms with van der Waals surface area (Å²) in [6.45, 7) is 0. The molecule has 0 atom stereocenters. The molecule has 0 radical (unpaired) electrons. The van der Waals surface area contributed by atoms with Crippen LogP contribution in [0.1, 0.15) is 0 Å². The van der Waals surface area contributed by atoms with Gasteiger partial charge in [-0.05, 0) is 31.3 Å². The normalized spacial score (nSPS) is 11.4. The summed E-state index contributed by atoms with van der Waals surface area (Å²) >= 11 is 0. The van der Waals surface area contributed by atoms with Crippen LogP contribution in [0, 0.1) is 0 Å². The highest BCUT2D eigenvalue weighted by molar-refractivity contribution is 7.89. The average molecular weight is 254 g/mol. The number of H-pyrrole nitrogens is 1. The van der Waals surface area contributed by atoms with Crippen LogP contribution in [0.15, 0.2) is 35.4 Å². The first-order valence-corrected chi connectivity index (χ1v) is 6.17. The van der Waals surface area contributed by atoms with Gasteiger partial charge in [-0.15, -0.1) is 5.10 Å². The number of hydrogen-bond acceptors (Lipinski definition) is 5. The summed E-state index contributed by atoms with van der Waals surface area (Å²) < 4.78 is 30.4. The Kier molecular flexibility index (Phi) is 3.07. The maximum atomic E-state index is 11.4. The molecule has 0 saturated carbocycles. The zero-order valence-electron chi connectivity index (χ0n) is 8.91. The van der Waals surface area contributed by atoms with Crippen LogP contribution in [-0.2, 0) is 10.0 Å². The van der Waals surface area contributed by atoms with Gasteiger partial charge in [-0.1, -0.05) is 0 Å². The molecule has 90 valence electrons. The zero-order chi connectivity index (χ0) is 12.3. The lowest BCUT2D eigenvalue weighted by atomic mass is 10.3. The molecule has 0 fully saturated rings. The van der Waals surface area contributed by atoms with Gasteiger partial charge in [-0.25, -0.2) is 13.1 Å². The van der Waals surface area contributed by atoms with Gasteiger partial charge in [-0.3, -0.25) is 0 Å². The Morgan fingerprint density at radius 3 is 2.53 bits per heavy atom. The van der Waals surface area contributed by atoms with E-state index in [0.29, 0.717) is 11.6 Å². The molecule has 2 aromatic rings. The largest absolute Gasteiger partial charge is 0.436 e. The number of rotatable bonds is 4. The fraction of sp³-hybridized carbons (Fsp3) is 0.111. The first kappa shape index (κ1) is 11.6. The molecule has 1 aromatic heterocycles. The first-order chi connectivity index (χ1) is 8.12. The molecule has 0 amide bonds. The van der Waals surface area contributed by atoms with Gasteiger partial charge in [0.25, 0.3) is 5.88 Å². The average Bonchev–Trinajstić information content (AvgIpc) is 2.83. The maximum Gasteiger partial charge on any atom is 0.258 e. The van der Waals surface area contributed by atoms with E-state index < -0.39 is 10.0 Å². The summed E-state index contributed by atoms with van der Waals surface area (Å²) in [6, 6.07) is 5.97. The minimum atomic E-state index is -3.42. The number of nitrogens with zero attached hydrogens (tertiary/aromatic N) is 2. The minimum Gasteiger partial charge on any atom is -0.436 e. The van der Waals surface area contributed by atoms with Crippen molar-refractivity contribution >= 4 is 10.0 Å².